The number of thiophene rings is 1. The minimum Gasteiger partial charge on any atom is -0.480 e. The summed E-state index contributed by atoms with van der Waals surface area (Å²) in [5, 5.41) is 1.93. The first-order valence-corrected chi connectivity index (χ1v) is 6.13. The van der Waals surface area contributed by atoms with Crippen LogP contribution in [0.4, 0.5) is 0 Å². The van der Waals surface area contributed by atoms with Crippen molar-refractivity contribution in [2.24, 2.45) is 0 Å². The lowest BCUT2D eigenvalue weighted by atomic mass is 10.2. The highest BCUT2D eigenvalue weighted by atomic mass is 32.1. The molecule has 94 valence electrons. The van der Waals surface area contributed by atoms with Gasteiger partial charge in [-0.25, -0.2) is 4.98 Å². The Bertz CT molecular complexity index is 540. The van der Waals surface area contributed by atoms with E-state index in [-0.39, 0.29) is 17.4 Å². The molecule has 0 N–H and O–H groups in total. The molecule has 0 fully saturated rings. The maximum Gasteiger partial charge on any atom is 0.246 e. The number of nitrogens with zero attached hydrogens (tertiary/aromatic N) is 2. The quantitative estimate of drug-likeness (QED) is 0.773. The van der Waals surface area contributed by atoms with E-state index in [1.165, 1.54) is 31.8 Å². The van der Waals surface area contributed by atoms with Gasteiger partial charge in [-0.3, -0.25) is 4.79 Å². The number of Topliss-reactive ketones (excluding diaryl/α,β-unsaturated/α-hetero) is 1. The number of aromatic nitrogens is 2. The zero-order valence-electron chi connectivity index (χ0n) is 10.0. The Labute approximate surface area is 108 Å². The van der Waals surface area contributed by atoms with Crippen molar-refractivity contribution in [3.05, 3.63) is 34.3 Å². The molecule has 0 unspecified atom stereocenters. The molecule has 2 aromatic heterocycles. The van der Waals surface area contributed by atoms with E-state index in [1.807, 2.05) is 17.5 Å². The summed E-state index contributed by atoms with van der Waals surface area (Å²) in [6.45, 7) is 0. The summed E-state index contributed by atoms with van der Waals surface area (Å²) in [5.74, 6) is 0.389. The molecule has 2 heterocycles. The van der Waals surface area contributed by atoms with Gasteiger partial charge in [-0.2, -0.15) is 4.98 Å². The van der Waals surface area contributed by atoms with Gasteiger partial charge < -0.3 is 9.47 Å². The van der Waals surface area contributed by atoms with Crippen LogP contribution in [0.5, 0.6) is 11.8 Å². The van der Waals surface area contributed by atoms with E-state index >= 15 is 0 Å². The van der Waals surface area contributed by atoms with Gasteiger partial charge >= 0.3 is 0 Å². The van der Waals surface area contributed by atoms with Crippen LogP contribution in [0.25, 0.3) is 0 Å². The molecule has 18 heavy (non-hydrogen) atoms. The number of carbonyl (C=O) groups excluding carboxylic acids is 1. The summed E-state index contributed by atoms with van der Waals surface area (Å²) in [6.07, 6.45) is 1.71. The van der Waals surface area contributed by atoms with E-state index in [9.17, 15) is 4.79 Å². The van der Waals surface area contributed by atoms with Crippen LogP contribution in [-0.2, 0) is 6.42 Å². The second kappa shape index (κ2) is 5.59. The fourth-order valence-electron chi connectivity index (χ4n) is 1.44. The van der Waals surface area contributed by atoms with Crippen molar-refractivity contribution in [3.63, 3.8) is 0 Å². The number of ketones is 1. The van der Waals surface area contributed by atoms with Gasteiger partial charge in [0.25, 0.3) is 0 Å². The highest BCUT2D eigenvalue weighted by Crippen LogP contribution is 2.19. The maximum absolute atomic E-state index is 12.1. The SMILES string of the molecule is COc1cnc(C(=O)Cc2cccs2)c(OC)n1. The second-order valence-corrected chi connectivity index (χ2v) is 4.48. The van der Waals surface area contributed by atoms with Crippen molar-refractivity contribution < 1.29 is 14.3 Å². The molecule has 2 aromatic rings. The zero-order valence-corrected chi connectivity index (χ0v) is 10.9. The number of carbonyl (C=O) groups is 1. The lowest BCUT2D eigenvalue weighted by Crippen LogP contribution is -2.09. The van der Waals surface area contributed by atoms with Crippen LogP contribution in [0.15, 0.2) is 23.7 Å². The third-order valence-corrected chi connectivity index (χ3v) is 3.18. The van der Waals surface area contributed by atoms with Gasteiger partial charge in [-0.15, -0.1) is 11.3 Å². The van der Waals surface area contributed by atoms with Crippen molar-refractivity contribution in [1.82, 2.24) is 9.97 Å². The molecule has 6 heteroatoms. The van der Waals surface area contributed by atoms with Crippen molar-refractivity contribution in [2.45, 2.75) is 6.42 Å². The lowest BCUT2D eigenvalue weighted by Gasteiger charge is -2.06. The van der Waals surface area contributed by atoms with Gasteiger partial charge in [0.1, 0.15) is 0 Å². The monoisotopic (exact) mass is 264 g/mol. The van der Waals surface area contributed by atoms with Gasteiger partial charge in [0.15, 0.2) is 11.5 Å². The number of hydrogen-bond donors (Lipinski definition) is 0. The Hall–Kier alpha value is -1.95. The predicted octanol–water partition coefficient (Wildman–Crippen LogP) is 1.98. The van der Waals surface area contributed by atoms with Crippen LogP contribution < -0.4 is 9.47 Å². The molecule has 0 amide bonds. The van der Waals surface area contributed by atoms with E-state index in [4.69, 9.17) is 9.47 Å². The second-order valence-electron chi connectivity index (χ2n) is 3.45. The van der Waals surface area contributed by atoms with Gasteiger partial charge in [-0.1, -0.05) is 6.07 Å². The van der Waals surface area contributed by atoms with Gasteiger partial charge in [0.2, 0.25) is 11.8 Å². The molecular formula is C12H12N2O3S. The number of rotatable bonds is 5. The smallest absolute Gasteiger partial charge is 0.246 e. The summed E-state index contributed by atoms with van der Waals surface area (Å²) in [6, 6.07) is 3.82. The molecule has 2 rings (SSSR count). The summed E-state index contributed by atoms with van der Waals surface area (Å²) in [4.78, 5) is 21.1. The standard InChI is InChI=1S/C12H12N2O3S/c1-16-10-7-13-11(12(14-10)17-2)9(15)6-8-4-3-5-18-8/h3-5,7H,6H2,1-2H3. The van der Waals surface area contributed by atoms with Crippen LogP contribution in [-0.4, -0.2) is 30.0 Å². The van der Waals surface area contributed by atoms with Crippen molar-refractivity contribution in [2.75, 3.05) is 14.2 Å². The topological polar surface area (TPSA) is 61.3 Å². The van der Waals surface area contributed by atoms with E-state index in [1.54, 1.807) is 0 Å². The zero-order chi connectivity index (χ0) is 13.0. The first-order chi connectivity index (χ1) is 8.74. The summed E-state index contributed by atoms with van der Waals surface area (Å²) >= 11 is 1.53. The lowest BCUT2D eigenvalue weighted by molar-refractivity contribution is 0.0984. The molecule has 0 bridgehead atoms. The van der Waals surface area contributed by atoms with Crippen LogP contribution in [0.1, 0.15) is 15.4 Å². The Balaban J connectivity index is 2.24. The first-order valence-electron chi connectivity index (χ1n) is 5.25. The molecule has 0 aliphatic heterocycles. The fourth-order valence-corrected chi connectivity index (χ4v) is 2.15. The highest BCUT2D eigenvalue weighted by molar-refractivity contribution is 7.10. The van der Waals surface area contributed by atoms with E-state index < -0.39 is 0 Å². The molecule has 0 aliphatic rings. The van der Waals surface area contributed by atoms with Crippen LogP contribution in [0.3, 0.4) is 0 Å². The molecule has 0 radical (unpaired) electrons. The molecule has 0 aromatic carbocycles. The normalized spacial score (nSPS) is 10.1. The van der Waals surface area contributed by atoms with E-state index in [2.05, 4.69) is 9.97 Å². The predicted molar refractivity (Wildman–Crippen MR) is 67.5 cm³/mol. The van der Waals surface area contributed by atoms with E-state index in [0.717, 1.165) is 4.88 Å². The van der Waals surface area contributed by atoms with Crippen LogP contribution >= 0.6 is 11.3 Å². The van der Waals surface area contributed by atoms with Crippen LogP contribution in [0, 0.1) is 0 Å². The largest absolute Gasteiger partial charge is 0.480 e. The molecular weight excluding hydrogens is 252 g/mol. The minimum atomic E-state index is -0.121. The molecule has 0 saturated carbocycles. The molecule has 0 spiro atoms. The minimum absolute atomic E-state index is 0.121. The summed E-state index contributed by atoms with van der Waals surface area (Å²) < 4.78 is 9.99. The fraction of sp³-hybridized carbons (Fsp3) is 0.250. The summed E-state index contributed by atoms with van der Waals surface area (Å²) in [7, 11) is 2.93. The highest BCUT2D eigenvalue weighted by Gasteiger charge is 2.17. The first kappa shape index (κ1) is 12.5. The van der Waals surface area contributed by atoms with Crippen molar-refractivity contribution >= 4 is 17.1 Å². The maximum atomic E-state index is 12.1. The van der Waals surface area contributed by atoms with Gasteiger partial charge in [0.05, 0.1) is 20.4 Å². The molecule has 0 saturated heterocycles. The Morgan fingerprint density at radius 1 is 1.39 bits per heavy atom. The Morgan fingerprint density at radius 3 is 2.83 bits per heavy atom. The number of ether oxygens (including phenoxy) is 2. The third-order valence-electron chi connectivity index (χ3n) is 2.30. The van der Waals surface area contributed by atoms with Crippen molar-refractivity contribution in [3.8, 4) is 11.8 Å². The molecule has 5 nitrogen and oxygen atoms in total. The van der Waals surface area contributed by atoms with E-state index in [0.29, 0.717) is 12.3 Å². The number of hydrogen-bond acceptors (Lipinski definition) is 6. The Kier molecular flexibility index (Phi) is 3.88. The third kappa shape index (κ3) is 2.65. The average molecular weight is 264 g/mol. The van der Waals surface area contributed by atoms with Crippen molar-refractivity contribution in [1.29, 1.82) is 0 Å². The number of methoxy groups -OCH3 is 2. The van der Waals surface area contributed by atoms with Gasteiger partial charge in [-0.05, 0) is 11.4 Å². The van der Waals surface area contributed by atoms with Crippen LogP contribution in [0.2, 0.25) is 0 Å². The molecule has 0 atom stereocenters. The Morgan fingerprint density at radius 2 is 2.22 bits per heavy atom. The average Bonchev–Trinajstić information content (AvgIpc) is 2.90. The molecule has 0 aliphatic carbocycles. The van der Waals surface area contributed by atoms with Gasteiger partial charge in [0, 0.05) is 11.3 Å². The summed E-state index contributed by atoms with van der Waals surface area (Å²) in [5.41, 5.74) is 0.228.